The molecule has 1 aromatic carbocycles. The van der Waals surface area contributed by atoms with Gasteiger partial charge in [0, 0.05) is 18.7 Å². The number of rotatable bonds is 5. The number of hydrogen-bond acceptors (Lipinski definition) is 3. The van der Waals surface area contributed by atoms with Gasteiger partial charge in [-0.05, 0) is 12.1 Å². The van der Waals surface area contributed by atoms with E-state index in [9.17, 15) is 8.78 Å². The Kier molecular flexibility index (Phi) is 4.61. The van der Waals surface area contributed by atoms with E-state index in [4.69, 9.17) is 10.8 Å². The first-order chi connectivity index (χ1) is 7.20. The molecule has 3 nitrogen and oxygen atoms in total. The lowest BCUT2D eigenvalue weighted by molar-refractivity contribution is 0.283. The second kappa shape index (κ2) is 5.75. The molecule has 0 aliphatic carbocycles. The van der Waals surface area contributed by atoms with Gasteiger partial charge in [0.05, 0.1) is 12.6 Å². The number of nitrogens with two attached hydrogens (primary N) is 1. The largest absolute Gasteiger partial charge is 0.395 e. The quantitative estimate of drug-likeness (QED) is 0.673. The maximum atomic E-state index is 13.3. The summed E-state index contributed by atoms with van der Waals surface area (Å²) in [4.78, 5) is 0. The van der Waals surface area contributed by atoms with E-state index in [1.54, 1.807) is 0 Å². The summed E-state index contributed by atoms with van der Waals surface area (Å²) in [7, 11) is 0. The molecule has 84 valence electrons. The Hall–Kier alpha value is -1.04. The van der Waals surface area contributed by atoms with Crippen LogP contribution < -0.4 is 11.1 Å². The fourth-order valence-corrected chi connectivity index (χ4v) is 1.39. The van der Waals surface area contributed by atoms with Crippen molar-refractivity contribution < 1.29 is 13.9 Å². The van der Waals surface area contributed by atoms with Crippen LogP contribution in [0, 0.1) is 11.6 Å². The standard InChI is InChI=1S/C10H14F2N2O/c11-7-2-1-3-8(12)10(7)9(6-13)14-4-5-15/h1-3,9,14-15H,4-6,13H2. The molecule has 0 saturated carbocycles. The zero-order chi connectivity index (χ0) is 11.3. The summed E-state index contributed by atoms with van der Waals surface area (Å²) in [6.45, 7) is 0.208. The molecule has 0 aromatic heterocycles. The second-order valence-electron chi connectivity index (χ2n) is 3.10. The highest BCUT2D eigenvalue weighted by Gasteiger charge is 2.17. The zero-order valence-corrected chi connectivity index (χ0v) is 8.21. The van der Waals surface area contributed by atoms with Crippen molar-refractivity contribution in [3.05, 3.63) is 35.4 Å². The summed E-state index contributed by atoms with van der Waals surface area (Å²) >= 11 is 0. The number of aliphatic hydroxyl groups is 1. The van der Waals surface area contributed by atoms with E-state index in [1.165, 1.54) is 18.2 Å². The van der Waals surface area contributed by atoms with Crippen LogP contribution in [0.2, 0.25) is 0 Å². The van der Waals surface area contributed by atoms with E-state index in [0.29, 0.717) is 0 Å². The van der Waals surface area contributed by atoms with Gasteiger partial charge in [-0.1, -0.05) is 6.07 Å². The first kappa shape index (κ1) is 12.0. The number of halogens is 2. The van der Waals surface area contributed by atoms with Gasteiger partial charge in [-0.2, -0.15) is 0 Å². The Bertz CT molecular complexity index is 300. The third-order valence-electron chi connectivity index (χ3n) is 2.09. The van der Waals surface area contributed by atoms with Crippen molar-refractivity contribution in [1.29, 1.82) is 0 Å². The summed E-state index contributed by atoms with van der Waals surface area (Å²) in [5.74, 6) is -1.26. The van der Waals surface area contributed by atoms with Gasteiger partial charge in [-0.25, -0.2) is 8.78 Å². The molecule has 1 aromatic rings. The van der Waals surface area contributed by atoms with Crippen LogP contribution >= 0.6 is 0 Å². The van der Waals surface area contributed by atoms with E-state index in [2.05, 4.69) is 5.32 Å². The highest BCUT2D eigenvalue weighted by atomic mass is 19.1. The lowest BCUT2D eigenvalue weighted by atomic mass is 10.1. The van der Waals surface area contributed by atoms with Crippen molar-refractivity contribution in [1.82, 2.24) is 5.32 Å². The molecular formula is C10H14F2N2O. The molecule has 0 aliphatic rings. The highest BCUT2D eigenvalue weighted by molar-refractivity contribution is 5.23. The van der Waals surface area contributed by atoms with Gasteiger partial charge in [0.1, 0.15) is 11.6 Å². The lowest BCUT2D eigenvalue weighted by Crippen LogP contribution is -2.31. The first-order valence-corrected chi connectivity index (χ1v) is 4.69. The van der Waals surface area contributed by atoms with E-state index in [0.717, 1.165) is 0 Å². The molecule has 0 saturated heterocycles. The van der Waals surface area contributed by atoms with Gasteiger partial charge in [-0.15, -0.1) is 0 Å². The Labute approximate surface area is 86.9 Å². The Morgan fingerprint density at radius 2 is 1.93 bits per heavy atom. The van der Waals surface area contributed by atoms with Gasteiger partial charge in [0.15, 0.2) is 0 Å². The van der Waals surface area contributed by atoms with Crippen LogP contribution in [0.4, 0.5) is 8.78 Å². The normalized spacial score (nSPS) is 12.8. The van der Waals surface area contributed by atoms with Gasteiger partial charge >= 0.3 is 0 Å². The van der Waals surface area contributed by atoms with Gasteiger partial charge in [0.2, 0.25) is 0 Å². The summed E-state index contributed by atoms with van der Waals surface area (Å²) in [5.41, 5.74) is 5.33. The van der Waals surface area contributed by atoms with Crippen molar-refractivity contribution in [2.75, 3.05) is 19.7 Å². The molecule has 0 aliphatic heterocycles. The minimum atomic E-state index is -0.629. The minimum Gasteiger partial charge on any atom is -0.395 e. The number of nitrogens with one attached hydrogen (secondary N) is 1. The molecule has 0 amide bonds. The third-order valence-corrected chi connectivity index (χ3v) is 2.09. The molecule has 1 atom stereocenters. The molecule has 0 fully saturated rings. The van der Waals surface area contributed by atoms with Crippen molar-refractivity contribution >= 4 is 0 Å². The molecule has 0 bridgehead atoms. The highest BCUT2D eigenvalue weighted by Crippen LogP contribution is 2.19. The van der Waals surface area contributed by atoms with Gasteiger partial charge in [0.25, 0.3) is 0 Å². The van der Waals surface area contributed by atoms with Crippen molar-refractivity contribution in [2.24, 2.45) is 5.73 Å². The summed E-state index contributed by atoms with van der Waals surface area (Å²) in [6, 6.07) is 3.05. The van der Waals surface area contributed by atoms with E-state index < -0.39 is 17.7 Å². The number of hydrogen-bond donors (Lipinski definition) is 3. The topological polar surface area (TPSA) is 58.3 Å². The molecule has 5 heteroatoms. The predicted octanol–water partition coefficient (Wildman–Crippen LogP) is 0.547. The SMILES string of the molecule is NCC(NCCO)c1c(F)cccc1F. The van der Waals surface area contributed by atoms with Crippen molar-refractivity contribution in [2.45, 2.75) is 6.04 Å². The minimum absolute atomic E-state index is 0.0673. The molecular weight excluding hydrogens is 202 g/mol. The Morgan fingerprint density at radius 3 is 2.40 bits per heavy atom. The first-order valence-electron chi connectivity index (χ1n) is 4.69. The van der Waals surface area contributed by atoms with Crippen molar-refractivity contribution in [3.63, 3.8) is 0 Å². The van der Waals surface area contributed by atoms with E-state index in [1.807, 2.05) is 0 Å². The van der Waals surface area contributed by atoms with E-state index >= 15 is 0 Å². The summed E-state index contributed by atoms with van der Waals surface area (Å²) in [5, 5.41) is 11.4. The predicted molar refractivity (Wildman–Crippen MR) is 53.2 cm³/mol. The van der Waals surface area contributed by atoms with Crippen LogP contribution in [0.25, 0.3) is 0 Å². The summed E-state index contributed by atoms with van der Waals surface area (Å²) < 4.78 is 26.6. The third kappa shape index (κ3) is 2.95. The molecule has 0 radical (unpaired) electrons. The van der Waals surface area contributed by atoms with Crippen LogP contribution in [-0.2, 0) is 0 Å². The van der Waals surface area contributed by atoms with Crippen molar-refractivity contribution in [3.8, 4) is 0 Å². The van der Waals surface area contributed by atoms with Crippen LogP contribution in [-0.4, -0.2) is 24.8 Å². The van der Waals surface area contributed by atoms with Crippen LogP contribution in [0.3, 0.4) is 0 Å². The monoisotopic (exact) mass is 216 g/mol. The fourth-order valence-electron chi connectivity index (χ4n) is 1.39. The number of benzene rings is 1. The molecule has 0 heterocycles. The fraction of sp³-hybridized carbons (Fsp3) is 0.400. The van der Waals surface area contributed by atoms with E-state index in [-0.39, 0.29) is 25.3 Å². The summed E-state index contributed by atoms with van der Waals surface area (Å²) in [6.07, 6.45) is 0. The second-order valence-corrected chi connectivity index (χ2v) is 3.10. The molecule has 15 heavy (non-hydrogen) atoms. The Morgan fingerprint density at radius 1 is 1.33 bits per heavy atom. The number of aliphatic hydroxyl groups excluding tert-OH is 1. The smallest absolute Gasteiger partial charge is 0.130 e. The molecule has 0 spiro atoms. The van der Waals surface area contributed by atoms with Crippen LogP contribution in [0.15, 0.2) is 18.2 Å². The van der Waals surface area contributed by atoms with Gasteiger partial charge < -0.3 is 16.2 Å². The average molecular weight is 216 g/mol. The van der Waals surface area contributed by atoms with Crippen LogP contribution in [0.1, 0.15) is 11.6 Å². The zero-order valence-electron chi connectivity index (χ0n) is 8.21. The molecule has 1 rings (SSSR count). The lowest BCUT2D eigenvalue weighted by Gasteiger charge is -2.17. The molecule has 1 unspecified atom stereocenters. The van der Waals surface area contributed by atoms with Crippen LogP contribution in [0.5, 0.6) is 0 Å². The maximum absolute atomic E-state index is 13.3. The van der Waals surface area contributed by atoms with Gasteiger partial charge in [-0.3, -0.25) is 0 Å². The maximum Gasteiger partial charge on any atom is 0.130 e. The molecule has 4 N–H and O–H groups in total. The Balaban J connectivity index is 2.90. The average Bonchev–Trinajstić information content (AvgIpc) is 2.22.